The van der Waals surface area contributed by atoms with Crippen LogP contribution in [-0.2, 0) is 17.4 Å². The highest BCUT2D eigenvalue weighted by molar-refractivity contribution is 6.31. The number of ketones is 1. The average molecular weight is 305 g/mol. The van der Waals surface area contributed by atoms with Gasteiger partial charge in [0, 0.05) is 16.8 Å². The molecule has 2 N–H and O–H groups in total. The third-order valence-electron chi connectivity index (χ3n) is 2.88. The summed E-state index contributed by atoms with van der Waals surface area (Å²) in [6.07, 6.45) is -2.23. The van der Waals surface area contributed by atoms with Crippen molar-refractivity contribution in [3.63, 3.8) is 0 Å². The van der Waals surface area contributed by atoms with Crippen LogP contribution in [-0.4, -0.2) is 12.3 Å². The highest BCUT2D eigenvalue weighted by Gasteiger charge is 2.30. The highest BCUT2D eigenvalue weighted by atomic mass is 35.5. The number of nitrogens with one attached hydrogen (secondary N) is 2. The van der Waals surface area contributed by atoms with E-state index < -0.39 is 11.7 Å². The molecule has 0 radical (unpaired) electrons. The lowest BCUT2D eigenvalue weighted by atomic mass is 10.0. The van der Waals surface area contributed by atoms with Gasteiger partial charge in [0.05, 0.1) is 12.1 Å². The Bertz CT molecular complexity index is 555. The first-order chi connectivity index (χ1) is 9.36. The molecule has 1 aliphatic rings. The molecule has 0 saturated heterocycles. The van der Waals surface area contributed by atoms with Gasteiger partial charge in [0.25, 0.3) is 0 Å². The third kappa shape index (κ3) is 3.74. The van der Waals surface area contributed by atoms with Crippen LogP contribution in [0.15, 0.2) is 30.0 Å². The summed E-state index contributed by atoms with van der Waals surface area (Å²) in [6, 6.07) is 3.24. The topological polar surface area (TPSA) is 41.1 Å². The molecule has 3 nitrogen and oxygen atoms in total. The summed E-state index contributed by atoms with van der Waals surface area (Å²) >= 11 is 5.90. The van der Waals surface area contributed by atoms with Crippen LogP contribution in [0.4, 0.5) is 13.2 Å². The molecule has 0 fully saturated rings. The third-order valence-corrected chi connectivity index (χ3v) is 3.25. The van der Waals surface area contributed by atoms with Gasteiger partial charge in [-0.3, -0.25) is 4.79 Å². The van der Waals surface area contributed by atoms with Crippen LogP contribution >= 0.6 is 11.6 Å². The molecule has 1 aromatic carbocycles. The Kier molecular flexibility index (Phi) is 4.35. The lowest BCUT2D eigenvalue weighted by Crippen LogP contribution is -2.39. The first kappa shape index (κ1) is 14.9. The first-order valence-electron chi connectivity index (χ1n) is 5.94. The molecule has 0 aromatic heterocycles. The second kappa shape index (κ2) is 5.85. The minimum Gasteiger partial charge on any atom is -0.325 e. The summed E-state index contributed by atoms with van der Waals surface area (Å²) in [5.74, 6) is -0.0751. The largest absolute Gasteiger partial charge is 0.416 e. The molecule has 0 atom stereocenters. The molecule has 1 heterocycles. The SMILES string of the molecule is O=C1C=C(CCc2cc(C(F)(F)F)ccc2Cl)NNC1. The lowest BCUT2D eigenvalue weighted by molar-refractivity contribution is -0.137. The molecule has 0 saturated carbocycles. The predicted octanol–water partition coefficient (Wildman–Crippen LogP) is 2.85. The summed E-state index contributed by atoms with van der Waals surface area (Å²) in [5.41, 5.74) is 5.81. The fraction of sp³-hybridized carbons (Fsp3) is 0.308. The van der Waals surface area contributed by atoms with E-state index in [4.69, 9.17) is 11.6 Å². The maximum absolute atomic E-state index is 12.6. The Balaban J connectivity index is 2.11. The predicted molar refractivity (Wildman–Crippen MR) is 69.0 cm³/mol. The number of rotatable bonds is 3. The van der Waals surface area contributed by atoms with Gasteiger partial charge in [-0.15, -0.1) is 0 Å². The number of hydrazine groups is 1. The summed E-state index contributed by atoms with van der Waals surface area (Å²) < 4.78 is 37.9. The normalized spacial score (nSPS) is 15.8. The number of benzene rings is 1. The molecule has 2 rings (SSSR count). The van der Waals surface area contributed by atoms with E-state index in [1.54, 1.807) is 0 Å². The van der Waals surface area contributed by atoms with Gasteiger partial charge >= 0.3 is 6.18 Å². The van der Waals surface area contributed by atoms with E-state index in [1.165, 1.54) is 12.1 Å². The second-order valence-electron chi connectivity index (χ2n) is 4.42. The van der Waals surface area contributed by atoms with Crippen molar-refractivity contribution in [1.29, 1.82) is 0 Å². The molecule has 1 aliphatic heterocycles. The second-order valence-corrected chi connectivity index (χ2v) is 4.83. The van der Waals surface area contributed by atoms with E-state index in [9.17, 15) is 18.0 Å². The van der Waals surface area contributed by atoms with Crippen molar-refractivity contribution in [3.8, 4) is 0 Å². The van der Waals surface area contributed by atoms with Crippen LogP contribution in [0.2, 0.25) is 5.02 Å². The van der Waals surface area contributed by atoms with Crippen molar-refractivity contribution in [1.82, 2.24) is 10.9 Å². The number of hydrogen-bond acceptors (Lipinski definition) is 3. The molecule has 7 heteroatoms. The zero-order valence-electron chi connectivity index (χ0n) is 10.4. The van der Waals surface area contributed by atoms with Gasteiger partial charge in [0.1, 0.15) is 0 Å². The molecule has 0 amide bonds. The van der Waals surface area contributed by atoms with E-state index >= 15 is 0 Å². The summed E-state index contributed by atoms with van der Waals surface area (Å²) in [7, 11) is 0. The van der Waals surface area contributed by atoms with Crippen molar-refractivity contribution < 1.29 is 18.0 Å². The van der Waals surface area contributed by atoms with Crippen LogP contribution < -0.4 is 10.9 Å². The number of carbonyl (C=O) groups excluding carboxylic acids is 1. The molecule has 108 valence electrons. The number of halogens is 4. The smallest absolute Gasteiger partial charge is 0.325 e. The molecular formula is C13H12ClF3N2O. The van der Waals surface area contributed by atoms with Crippen LogP contribution in [0.3, 0.4) is 0 Å². The molecular weight excluding hydrogens is 293 g/mol. The van der Waals surface area contributed by atoms with E-state index in [0.717, 1.165) is 12.1 Å². The summed E-state index contributed by atoms with van der Waals surface area (Å²) in [5, 5.41) is 0.286. The number of hydrogen-bond donors (Lipinski definition) is 2. The van der Waals surface area contributed by atoms with E-state index in [2.05, 4.69) is 10.9 Å². The number of alkyl halides is 3. The molecule has 0 aliphatic carbocycles. The summed E-state index contributed by atoms with van der Waals surface area (Å²) in [4.78, 5) is 11.2. The fourth-order valence-corrected chi connectivity index (χ4v) is 2.08. The molecule has 1 aromatic rings. The number of aryl methyl sites for hydroxylation is 1. The number of allylic oxidation sites excluding steroid dienone is 1. The standard InChI is InChI=1S/C13H12ClF3N2O/c14-12-4-2-9(13(15,16)17)5-8(12)1-3-10-6-11(20)7-18-19-10/h2,4-6,18-19H,1,3,7H2. The zero-order valence-corrected chi connectivity index (χ0v) is 11.1. The van der Waals surface area contributed by atoms with Gasteiger partial charge in [-0.25, -0.2) is 5.43 Å². The Hall–Kier alpha value is -1.53. The van der Waals surface area contributed by atoms with Crippen molar-refractivity contribution >= 4 is 17.4 Å². The van der Waals surface area contributed by atoms with Gasteiger partial charge in [0.15, 0.2) is 5.78 Å². The minimum atomic E-state index is -4.39. The van der Waals surface area contributed by atoms with Gasteiger partial charge in [-0.05, 0) is 36.6 Å². The lowest BCUT2D eigenvalue weighted by Gasteiger charge is -2.16. The van der Waals surface area contributed by atoms with E-state index in [-0.39, 0.29) is 17.4 Å². The van der Waals surface area contributed by atoms with Gasteiger partial charge < -0.3 is 5.43 Å². The first-order valence-corrected chi connectivity index (χ1v) is 6.32. The van der Waals surface area contributed by atoms with Crippen LogP contribution in [0.1, 0.15) is 17.5 Å². The Morgan fingerprint density at radius 1 is 1.25 bits per heavy atom. The monoisotopic (exact) mass is 304 g/mol. The van der Waals surface area contributed by atoms with Crippen molar-refractivity contribution in [3.05, 3.63) is 46.1 Å². The number of carbonyl (C=O) groups is 1. The van der Waals surface area contributed by atoms with Gasteiger partial charge in [-0.2, -0.15) is 13.2 Å². The molecule has 20 heavy (non-hydrogen) atoms. The van der Waals surface area contributed by atoms with Gasteiger partial charge in [-0.1, -0.05) is 11.6 Å². The fourth-order valence-electron chi connectivity index (χ4n) is 1.87. The Morgan fingerprint density at radius 3 is 2.65 bits per heavy atom. The summed E-state index contributed by atoms with van der Waals surface area (Å²) in [6.45, 7) is 0.202. The quantitative estimate of drug-likeness (QED) is 0.902. The van der Waals surface area contributed by atoms with E-state index in [1.807, 2.05) is 0 Å². The van der Waals surface area contributed by atoms with Crippen molar-refractivity contribution in [2.75, 3.05) is 6.54 Å². The maximum atomic E-state index is 12.6. The minimum absolute atomic E-state index is 0.0751. The molecule has 0 bridgehead atoms. The maximum Gasteiger partial charge on any atom is 0.416 e. The Labute approximate surface area is 118 Å². The average Bonchev–Trinajstić information content (AvgIpc) is 2.36. The van der Waals surface area contributed by atoms with Crippen LogP contribution in [0.5, 0.6) is 0 Å². The van der Waals surface area contributed by atoms with Crippen LogP contribution in [0, 0.1) is 0 Å². The van der Waals surface area contributed by atoms with Gasteiger partial charge in [0.2, 0.25) is 0 Å². The highest BCUT2D eigenvalue weighted by Crippen LogP contribution is 2.32. The molecule has 0 unspecified atom stereocenters. The van der Waals surface area contributed by atoms with Crippen molar-refractivity contribution in [2.24, 2.45) is 0 Å². The zero-order chi connectivity index (χ0) is 14.8. The molecule has 0 spiro atoms. The van der Waals surface area contributed by atoms with Crippen LogP contribution in [0.25, 0.3) is 0 Å². The van der Waals surface area contributed by atoms with Crippen molar-refractivity contribution in [2.45, 2.75) is 19.0 Å². The van der Waals surface area contributed by atoms with E-state index in [0.29, 0.717) is 24.1 Å². The Morgan fingerprint density at radius 2 is 2.00 bits per heavy atom.